The van der Waals surface area contributed by atoms with Crippen molar-refractivity contribution in [2.45, 2.75) is 176 Å². The lowest BCUT2D eigenvalue weighted by Gasteiger charge is -2.63. The van der Waals surface area contributed by atoms with E-state index in [1.807, 2.05) is 25.0 Å². The van der Waals surface area contributed by atoms with Crippen LogP contribution in [0.5, 0.6) is 0 Å². The zero-order chi connectivity index (χ0) is 32.2. The third-order valence-electron chi connectivity index (χ3n) is 14.9. The van der Waals surface area contributed by atoms with Crippen molar-refractivity contribution in [1.29, 1.82) is 0 Å². The Morgan fingerprint density at radius 2 is 1.58 bits per heavy atom. The zero-order valence-electron chi connectivity index (χ0n) is 29.9. The quantitative estimate of drug-likeness (QED) is 0.214. The van der Waals surface area contributed by atoms with E-state index in [1.165, 1.54) is 51.4 Å². The van der Waals surface area contributed by atoms with Crippen molar-refractivity contribution in [2.24, 2.45) is 39.4 Å². The van der Waals surface area contributed by atoms with Crippen LogP contribution in [0.25, 0.3) is 0 Å². The fraction of sp³-hybridized carbons (Fsp3) is 0.944. The lowest BCUT2D eigenvalue weighted by Crippen LogP contribution is -2.58. The Hall–Kier alpha value is -0.213. The van der Waals surface area contributed by atoms with Crippen LogP contribution in [0, 0.1) is 39.4 Å². The van der Waals surface area contributed by atoms with E-state index in [4.69, 9.17) is 12.8 Å². The van der Waals surface area contributed by atoms with E-state index >= 15 is 0 Å². The molecule has 248 valence electrons. The third kappa shape index (κ3) is 5.29. The van der Waals surface area contributed by atoms with Crippen LogP contribution < -0.4 is 0 Å². The molecule has 1 aliphatic heterocycles. The molecule has 0 aromatic rings. The lowest BCUT2D eigenvalue weighted by atomic mass is 9.43. The molecule has 5 nitrogen and oxygen atoms in total. The van der Waals surface area contributed by atoms with Crippen molar-refractivity contribution in [1.82, 2.24) is 0 Å². The lowest BCUT2D eigenvalue weighted by molar-refractivity contribution is -0.0902. The predicted octanol–water partition coefficient (Wildman–Crippen LogP) is 9.98. The van der Waals surface area contributed by atoms with Gasteiger partial charge in [-0.05, 0) is 136 Å². The van der Waals surface area contributed by atoms with Crippen molar-refractivity contribution < 1.29 is 21.2 Å². The summed E-state index contributed by atoms with van der Waals surface area (Å²) in [6.07, 6.45) is 11.7. The Morgan fingerprint density at radius 1 is 0.930 bits per heavy atom. The van der Waals surface area contributed by atoms with E-state index in [-0.39, 0.29) is 26.7 Å². The Kier molecular flexibility index (Phi) is 8.25. The Bertz CT molecular complexity index is 1240. The third-order valence-corrected chi connectivity index (χ3v) is 20.5. The maximum Gasteiger partial charge on any atom is 0.400 e. The minimum atomic E-state index is -3.88. The molecule has 8 atom stereocenters. The van der Waals surface area contributed by atoms with Crippen LogP contribution in [0.15, 0.2) is 11.1 Å². The average Bonchev–Trinajstić information content (AvgIpc) is 3.25. The van der Waals surface area contributed by atoms with Crippen LogP contribution in [0.1, 0.15) is 140 Å². The molecule has 0 aromatic carbocycles. The molecule has 4 aliphatic carbocycles. The van der Waals surface area contributed by atoms with Crippen LogP contribution >= 0.6 is 0 Å². The Balaban J connectivity index is 1.36. The highest BCUT2D eigenvalue weighted by molar-refractivity contribution is 7.82. The fourth-order valence-corrected chi connectivity index (χ4v) is 13.7. The van der Waals surface area contributed by atoms with Gasteiger partial charge in [-0.1, -0.05) is 73.5 Å². The summed E-state index contributed by atoms with van der Waals surface area (Å²) in [5.74, 6) is 1.83. The average molecular weight is 637 g/mol. The van der Waals surface area contributed by atoms with Gasteiger partial charge in [0.05, 0.1) is 6.10 Å². The minimum Gasteiger partial charge on any atom is -0.413 e. The SMILES string of the molecule is C[C@H](CCC1OS(=O)(=O)OC1(C)C)[C@H]1CC[C@@]2(C)C3=C(CC[C@]12C)[C@@]1(C)CC[C@H](O[Si](C)(C)C(C)(C)C)C(C)(C)[C@@H]1CC3. The number of hydrogen-bond donors (Lipinski definition) is 0. The largest absolute Gasteiger partial charge is 0.413 e. The molecule has 1 heterocycles. The minimum absolute atomic E-state index is 0.169. The highest BCUT2D eigenvalue weighted by Gasteiger charge is 2.64. The van der Waals surface area contributed by atoms with Gasteiger partial charge in [0.15, 0.2) is 8.32 Å². The highest BCUT2D eigenvalue weighted by atomic mass is 32.3. The first-order chi connectivity index (χ1) is 19.4. The maximum absolute atomic E-state index is 12.0. The Labute approximate surface area is 266 Å². The molecule has 3 fully saturated rings. The van der Waals surface area contributed by atoms with Gasteiger partial charge < -0.3 is 4.43 Å². The van der Waals surface area contributed by atoms with Gasteiger partial charge in [0.1, 0.15) is 11.7 Å². The molecule has 0 amide bonds. The molecular weight excluding hydrogens is 573 g/mol. The van der Waals surface area contributed by atoms with E-state index < -0.39 is 30.4 Å². The van der Waals surface area contributed by atoms with Crippen LogP contribution in [0.4, 0.5) is 0 Å². The topological polar surface area (TPSA) is 61.8 Å². The van der Waals surface area contributed by atoms with Crippen molar-refractivity contribution in [3.63, 3.8) is 0 Å². The van der Waals surface area contributed by atoms with Crippen LogP contribution in [0.2, 0.25) is 18.1 Å². The molecule has 0 N–H and O–H groups in total. The maximum atomic E-state index is 12.0. The summed E-state index contributed by atoms with van der Waals surface area (Å²) in [7, 11) is -5.72. The molecule has 2 saturated carbocycles. The van der Waals surface area contributed by atoms with Crippen molar-refractivity contribution in [3.8, 4) is 0 Å². The summed E-state index contributed by atoms with van der Waals surface area (Å²) >= 11 is 0. The number of rotatable bonds is 6. The van der Waals surface area contributed by atoms with E-state index in [9.17, 15) is 8.42 Å². The number of fused-ring (bicyclic) bond motifs is 4. The molecular formula is C36H64O5SSi. The second-order valence-electron chi connectivity index (χ2n) is 18.8. The van der Waals surface area contributed by atoms with Gasteiger partial charge in [-0.2, -0.15) is 8.42 Å². The standard InChI is InChI=1S/C36H64O5SSi/c1-24(14-17-30-33(7,8)41-42(37,38)39-30)25-18-22-36(11)27-15-16-28-32(5,6)29(40-43(12,13)31(2,3)4)20-21-34(28,9)26(27)19-23-35(25,36)10/h24-25,28-30H,14-23H2,1-13H3/t24-,25-,28+,29+,30?,34-,35-,36+/m1/s1. The Morgan fingerprint density at radius 3 is 2.16 bits per heavy atom. The van der Waals surface area contributed by atoms with Crippen LogP contribution in [-0.4, -0.2) is 34.5 Å². The van der Waals surface area contributed by atoms with Crippen molar-refractivity contribution in [3.05, 3.63) is 11.1 Å². The molecule has 43 heavy (non-hydrogen) atoms. The second kappa shape index (κ2) is 10.4. The van der Waals surface area contributed by atoms with Gasteiger partial charge in [0, 0.05) is 0 Å². The summed E-state index contributed by atoms with van der Waals surface area (Å²) in [5, 5.41) is 0.233. The second-order valence-corrected chi connectivity index (χ2v) is 24.8. The summed E-state index contributed by atoms with van der Waals surface area (Å²) in [4.78, 5) is 0. The highest BCUT2D eigenvalue weighted by Crippen LogP contribution is 2.72. The van der Waals surface area contributed by atoms with Gasteiger partial charge >= 0.3 is 10.4 Å². The number of hydrogen-bond acceptors (Lipinski definition) is 5. The first kappa shape index (κ1) is 34.1. The van der Waals surface area contributed by atoms with Gasteiger partial charge in [0.25, 0.3) is 0 Å². The van der Waals surface area contributed by atoms with Gasteiger partial charge in [-0.3, -0.25) is 0 Å². The van der Waals surface area contributed by atoms with E-state index in [0.29, 0.717) is 23.9 Å². The van der Waals surface area contributed by atoms with Crippen molar-refractivity contribution >= 4 is 18.7 Å². The molecule has 0 aromatic heterocycles. The van der Waals surface area contributed by atoms with Crippen molar-refractivity contribution in [2.75, 3.05) is 0 Å². The van der Waals surface area contributed by atoms with Gasteiger partial charge in [-0.15, -0.1) is 0 Å². The van der Waals surface area contributed by atoms with Gasteiger partial charge in [-0.25, -0.2) is 8.37 Å². The monoisotopic (exact) mass is 636 g/mol. The summed E-state index contributed by atoms with van der Waals surface area (Å²) in [5.41, 5.74) is 3.84. The molecule has 0 bridgehead atoms. The molecule has 1 unspecified atom stereocenters. The molecule has 5 aliphatic rings. The summed E-state index contributed by atoms with van der Waals surface area (Å²) in [6, 6.07) is 0. The van der Waals surface area contributed by atoms with Crippen LogP contribution in [-0.2, 0) is 23.2 Å². The van der Waals surface area contributed by atoms with Gasteiger partial charge in [0.2, 0.25) is 0 Å². The molecule has 0 spiro atoms. The zero-order valence-corrected chi connectivity index (χ0v) is 31.7. The molecule has 0 radical (unpaired) electrons. The molecule has 1 saturated heterocycles. The van der Waals surface area contributed by atoms with Crippen LogP contribution in [0.3, 0.4) is 0 Å². The van der Waals surface area contributed by atoms with E-state index in [0.717, 1.165) is 12.8 Å². The molecule has 5 rings (SSSR count). The summed E-state index contributed by atoms with van der Waals surface area (Å²) in [6.45, 7) is 31.0. The fourth-order valence-electron chi connectivity index (χ4n) is 11.0. The first-order valence-electron chi connectivity index (χ1n) is 17.5. The molecule has 7 heteroatoms. The predicted molar refractivity (Wildman–Crippen MR) is 178 cm³/mol. The van der Waals surface area contributed by atoms with E-state index in [1.54, 1.807) is 0 Å². The summed E-state index contributed by atoms with van der Waals surface area (Å²) < 4.78 is 41.8. The van der Waals surface area contributed by atoms with E-state index in [2.05, 4.69) is 75.4 Å². The normalized spacial score (nSPS) is 42.7. The smallest absolute Gasteiger partial charge is 0.400 e. The first-order valence-corrected chi connectivity index (χ1v) is 21.7. The number of allylic oxidation sites excluding steroid dienone is 2.